The maximum atomic E-state index is 12.6. The molecule has 0 heterocycles. The van der Waals surface area contributed by atoms with Crippen molar-refractivity contribution < 1.29 is 32.8 Å². The molecule has 2 unspecified atom stereocenters. The summed E-state index contributed by atoms with van der Waals surface area (Å²) < 4.78 is 33.3. The van der Waals surface area contributed by atoms with Crippen molar-refractivity contribution in [3.05, 3.63) is 36.5 Å². The highest BCUT2D eigenvalue weighted by atomic mass is 31.2. The van der Waals surface area contributed by atoms with E-state index in [9.17, 15) is 14.3 Å². The molecule has 0 bridgehead atoms. The van der Waals surface area contributed by atoms with Crippen LogP contribution in [0.5, 0.6) is 0 Å². The first-order valence-electron chi connectivity index (χ1n) is 20.5. The van der Waals surface area contributed by atoms with E-state index in [4.69, 9.17) is 24.3 Å². The maximum absolute atomic E-state index is 12.6. The number of allylic oxidation sites excluding steroid dienone is 6. The van der Waals surface area contributed by atoms with Gasteiger partial charge in [-0.25, -0.2) is 4.57 Å². The third kappa shape index (κ3) is 38.0. The number of phosphoric acid groups is 1. The van der Waals surface area contributed by atoms with Crippen LogP contribution in [0.4, 0.5) is 0 Å². The van der Waals surface area contributed by atoms with Crippen LogP contribution < -0.4 is 5.73 Å². The molecule has 50 heavy (non-hydrogen) atoms. The predicted molar refractivity (Wildman–Crippen MR) is 210 cm³/mol. The summed E-state index contributed by atoms with van der Waals surface area (Å²) in [4.78, 5) is 22.4. The Kier molecular flexibility index (Phi) is 37.9. The molecular formula is C41H78NO7P. The van der Waals surface area contributed by atoms with Crippen molar-refractivity contribution in [2.75, 3.05) is 33.0 Å². The van der Waals surface area contributed by atoms with Gasteiger partial charge in [0, 0.05) is 19.6 Å². The fraction of sp³-hybridized carbons (Fsp3) is 0.829. The van der Waals surface area contributed by atoms with E-state index in [0.29, 0.717) is 13.0 Å². The van der Waals surface area contributed by atoms with E-state index in [1.54, 1.807) is 0 Å². The molecule has 8 nitrogen and oxygen atoms in total. The van der Waals surface area contributed by atoms with Crippen LogP contribution in [0, 0.1) is 0 Å². The monoisotopic (exact) mass is 728 g/mol. The number of carbonyl (C=O) groups excluding carboxylic acids is 1. The Morgan fingerprint density at radius 1 is 0.600 bits per heavy atom. The fourth-order valence-electron chi connectivity index (χ4n) is 5.48. The molecule has 0 amide bonds. The molecule has 0 aromatic carbocycles. The van der Waals surface area contributed by atoms with Crippen molar-refractivity contribution in [2.24, 2.45) is 5.73 Å². The number of hydrogen-bond donors (Lipinski definition) is 2. The van der Waals surface area contributed by atoms with Gasteiger partial charge in [-0.05, 0) is 64.2 Å². The summed E-state index contributed by atoms with van der Waals surface area (Å²) in [5.41, 5.74) is 5.36. The molecule has 0 saturated carbocycles. The van der Waals surface area contributed by atoms with Crippen molar-refractivity contribution in [1.82, 2.24) is 0 Å². The topological polar surface area (TPSA) is 117 Å². The zero-order valence-corrected chi connectivity index (χ0v) is 33.3. The van der Waals surface area contributed by atoms with Crippen LogP contribution in [0.2, 0.25) is 0 Å². The lowest BCUT2D eigenvalue weighted by atomic mass is 10.1. The minimum absolute atomic E-state index is 0.0968. The average molecular weight is 728 g/mol. The van der Waals surface area contributed by atoms with Gasteiger partial charge in [-0.3, -0.25) is 13.8 Å². The highest BCUT2D eigenvalue weighted by molar-refractivity contribution is 7.47. The van der Waals surface area contributed by atoms with Gasteiger partial charge >= 0.3 is 13.8 Å². The zero-order valence-electron chi connectivity index (χ0n) is 32.4. The smallest absolute Gasteiger partial charge is 0.457 e. The SMILES string of the molecule is CCCC/C=C\C/C=C\CCCCCCCCOCC(COP(=O)(O)OCCN)OC(=O)CCCCCCC/C=C\CCCCCCCCC. The zero-order chi connectivity index (χ0) is 36.6. The van der Waals surface area contributed by atoms with Gasteiger partial charge in [-0.1, -0.05) is 147 Å². The van der Waals surface area contributed by atoms with Crippen molar-refractivity contribution in [2.45, 2.75) is 187 Å². The predicted octanol–water partition coefficient (Wildman–Crippen LogP) is 11.9. The summed E-state index contributed by atoms with van der Waals surface area (Å²) in [6.45, 7) is 4.85. The highest BCUT2D eigenvalue weighted by Gasteiger charge is 2.25. The van der Waals surface area contributed by atoms with Crippen LogP contribution in [0.3, 0.4) is 0 Å². The largest absolute Gasteiger partial charge is 0.472 e. The second-order valence-corrected chi connectivity index (χ2v) is 14.9. The van der Waals surface area contributed by atoms with Gasteiger partial charge in [0.15, 0.2) is 0 Å². The molecule has 294 valence electrons. The minimum Gasteiger partial charge on any atom is -0.457 e. The first-order valence-corrected chi connectivity index (χ1v) is 22.0. The van der Waals surface area contributed by atoms with E-state index in [1.807, 2.05) is 0 Å². The number of hydrogen-bond acceptors (Lipinski definition) is 7. The molecule has 0 aliphatic heterocycles. The normalized spacial score (nSPS) is 13.9. The van der Waals surface area contributed by atoms with Crippen molar-refractivity contribution >= 4 is 13.8 Å². The highest BCUT2D eigenvalue weighted by Crippen LogP contribution is 2.43. The Labute approximate surface area is 308 Å². The quantitative estimate of drug-likeness (QED) is 0.0278. The van der Waals surface area contributed by atoms with Crippen molar-refractivity contribution in [1.29, 1.82) is 0 Å². The van der Waals surface area contributed by atoms with Gasteiger partial charge in [-0.15, -0.1) is 0 Å². The molecule has 0 aromatic rings. The van der Waals surface area contributed by atoms with E-state index in [1.165, 1.54) is 96.3 Å². The summed E-state index contributed by atoms with van der Waals surface area (Å²) in [6, 6.07) is 0. The van der Waals surface area contributed by atoms with Crippen LogP contribution >= 0.6 is 7.82 Å². The van der Waals surface area contributed by atoms with E-state index < -0.39 is 13.9 Å². The molecule has 0 radical (unpaired) electrons. The van der Waals surface area contributed by atoms with Gasteiger partial charge in [0.2, 0.25) is 0 Å². The molecule has 0 aromatic heterocycles. The molecule has 2 atom stereocenters. The molecule has 0 fully saturated rings. The first kappa shape index (κ1) is 48.7. The molecule has 0 spiro atoms. The van der Waals surface area contributed by atoms with Crippen LogP contribution in [0.15, 0.2) is 36.5 Å². The lowest BCUT2D eigenvalue weighted by Gasteiger charge is -2.20. The third-order valence-corrected chi connectivity index (χ3v) is 9.51. The summed E-state index contributed by atoms with van der Waals surface area (Å²) in [5.74, 6) is -0.343. The van der Waals surface area contributed by atoms with Gasteiger partial charge in [0.1, 0.15) is 6.10 Å². The Bertz CT molecular complexity index is 864. The molecule has 9 heteroatoms. The van der Waals surface area contributed by atoms with Gasteiger partial charge < -0.3 is 20.1 Å². The minimum atomic E-state index is -4.28. The Morgan fingerprint density at radius 2 is 1.08 bits per heavy atom. The van der Waals surface area contributed by atoms with Gasteiger partial charge in [0.05, 0.1) is 19.8 Å². The summed E-state index contributed by atoms with van der Waals surface area (Å²) in [7, 11) is -4.28. The lowest BCUT2D eigenvalue weighted by molar-refractivity contribution is -0.154. The third-order valence-electron chi connectivity index (χ3n) is 8.53. The number of rotatable bonds is 39. The summed E-state index contributed by atoms with van der Waals surface area (Å²) >= 11 is 0. The standard InChI is InChI=1S/C41H78NO7P/c1-3-5-7-9-11-13-15-17-19-20-22-24-26-28-30-32-34-41(43)49-40(39-48-50(44,45)47-37-35-42)38-46-36-33-31-29-27-25-23-21-18-16-14-12-10-8-6-4-2/h10,12,16,18-20,40H,3-9,11,13-15,17,21-39,42H2,1-2H3,(H,44,45)/b12-10-,18-16-,20-19-. The Hall–Kier alpha value is -1.28. The van der Waals surface area contributed by atoms with E-state index in [0.717, 1.165) is 64.2 Å². The molecule has 0 aliphatic rings. The van der Waals surface area contributed by atoms with Crippen molar-refractivity contribution in [3.63, 3.8) is 0 Å². The van der Waals surface area contributed by atoms with Crippen LogP contribution in [0.1, 0.15) is 181 Å². The Balaban J connectivity index is 4.09. The molecule has 0 rings (SSSR count). The number of unbranched alkanes of at least 4 members (excludes halogenated alkanes) is 20. The van der Waals surface area contributed by atoms with Crippen molar-refractivity contribution in [3.8, 4) is 0 Å². The molecule has 3 N–H and O–H groups in total. The second-order valence-electron chi connectivity index (χ2n) is 13.5. The average Bonchev–Trinajstić information content (AvgIpc) is 3.10. The number of esters is 1. The van der Waals surface area contributed by atoms with E-state index in [2.05, 4.69) is 50.3 Å². The van der Waals surface area contributed by atoms with E-state index >= 15 is 0 Å². The molecule has 0 aliphatic carbocycles. The number of phosphoric ester groups is 1. The van der Waals surface area contributed by atoms with Crippen LogP contribution in [-0.2, 0) is 27.9 Å². The number of nitrogens with two attached hydrogens (primary N) is 1. The summed E-state index contributed by atoms with van der Waals surface area (Å²) in [5, 5.41) is 0. The van der Waals surface area contributed by atoms with Crippen LogP contribution in [-0.4, -0.2) is 49.9 Å². The second kappa shape index (κ2) is 38.9. The van der Waals surface area contributed by atoms with Gasteiger partial charge in [0.25, 0.3) is 0 Å². The van der Waals surface area contributed by atoms with E-state index in [-0.39, 0.29) is 32.3 Å². The molecule has 0 saturated heterocycles. The maximum Gasteiger partial charge on any atom is 0.472 e. The first-order chi connectivity index (χ1) is 24.4. The fourth-order valence-corrected chi connectivity index (χ4v) is 6.24. The number of carbonyl (C=O) groups is 1. The van der Waals surface area contributed by atoms with Crippen LogP contribution in [0.25, 0.3) is 0 Å². The Morgan fingerprint density at radius 3 is 1.64 bits per heavy atom. The summed E-state index contributed by atoms with van der Waals surface area (Å²) in [6.07, 6.45) is 43.0. The molecular weight excluding hydrogens is 649 g/mol. The van der Waals surface area contributed by atoms with Gasteiger partial charge in [-0.2, -0.15) is 0 Å². The number of ether oxygens (including phenoxy) is 2. The lowest BCUT2D eigenvalue weighted by Crippen LogP contribution is -2.28.